The maximum absolute atomic E-state index is 14.5. The SMILES string of the molecule is Cc1ncc(-c2ccc(S(=O)C(C)C)cc2)nc1C(=N)OC(=N)c1ccc(CNCCF)cc1F.O.[HH]. The van der Waals surface area contributed by atoms with Crippen molar-refractivity contribution in [2.45, 2.75) is 37.5 Å². The summed E-state index contributed by atoms with van der Waals surface area (Å²) in [5.74, 6) is -1.66. The van der Waals surface area contributed by atoms with Gasteiger partial charge in [0.2, 0.25) is 11.8 Å². The standard InChI is InChI=1S/C25H27F2N5O2S.H2O.H2/c1-15(2)35(33)19-7-5-18(6-8-19)22-14-31-16(3)23(32-22)25(29)34-24(28)20-9-4-17(12-21(20)27)13-30-11-10-26;;/h4-9,12,14-15,28-30H,10-11,13H2,1-3H3;1H2;1H. The molecule has 2 aromatic carbocycles. The summed E-state index contributed by atoms with van der Waals surface area (Å²) < 4.78 is 44.3. The highest BCUT2D eigenvalue weighted by molar-refractivity contribution is 7.85. The van der Waals surface area contributed by atoms with E-state index in [2.05, 4.69) is 15.3 Å². The molecule has 1 aromatic heterocycles. The van der Waals surface area contributed by atoms with Crippen molar-refractivity contribution in [1.29, 1.82) is 10.8 Å². The molecule has 0 fully saturated rings. The number of hydrogen-bond donors (Lipinski definition) is 3. The highest BCUT2D eigenvalue weighted by atomic mass is 32.2. The summed E-state index contributed by atoms with van der Waals surface area (Å²) in [6, 6.07) is 11.3. The van der Waals surface area contributed by atoms with Crippen LogP contribution in [0.1, 0.15) is 37.8 Å². The topological polar surface area (TPSA) is 143 Å². The Morgan fingerprint density at radius 1 is 1.17 bits per heavy atom. The fourth-order valence-electron chi connectivity index (χ4n) is 3.19. The van der Waals surface area contributed by atoms with Crippen molar-refractivity contribution in [3.05, 3.63) is 77.0 Å². The smallest absolute Gasteiger partial charge is 0.241 e. The lowest BCUT2D eigenvalue weighted by Crippen LogP contribution is -2.18. The fourth-order valence-corrected chi connectivity index (χ4v) is 4.14. The van der Waals surface area contributed by atoms with Gasteiger partial charge >= 0.3 is 0 Å². The summed E-state index contributed by atoms with van der Waals surface area (Å²) in [7, 11) is -1.11. The van der Waals surface area contributed by atoms with Crippen LogP contribution in [0.25, 0.3) is 11.3 Å². The Kier molecular flexibility index (Phi) is 10.5. The number of nitrogens with zero attached hydrogens (tertiary/aromatic N) is 2. The second kappa shape index (κ2) is 13.1. The van der Waals surface area contributed by atoms with Crippen molar-refractivity contribution in [3.63, 3.8) is 0 Å². The lowest BCUT2D eigenvalue weighted by atomic mass is 10.1. The molecule has 0 saturated heterocycles. The second-order valence-electron chi connectivity index (χ2n) is 8.00. The van der Waals surface area contributed by atoms with Crippen LogP contribution in [0.4, 0.5) is 8.78 Å². The van der Waals surface area contributed by atoms with Crippen molar-refractivity contribution >= 4 is 22.6 Å². The fraction of sp³-hybridized carbons (Fsp3) is 0.280. The van der Waals surface area contributed by atoms with Gasteiger partial charge in [-0.2, -0.15) is 0 Å². The third-order valence-electron chi connectivity index (χ3n) is 5.06. The van der Waals surface area contributed by atoms with E-state index in [0.29, 0.717) is 34.0 Å². The van der Waals surface area contributed by atoms with E-state index < -0.39 is 35.1 Å². The number of aryl methyl sites for hydroxylation is 1. The van der Waals surface area contributed by atoms with E-state index in [0.717, 1.165) is 0 Å². The highest BCUT2D eigenvalue weighted by Gasteiger charge is 2.18. The summed E-state index contributed by atoms with van der Waals surface area (Å²) in [5.41, 5.74) is 2.21. The average molecular weight is 520 g/mol. The van der Waals surface area contributed by atoms with E-state index in [1.54, 1.807) is 43.5 Å². The van der Waals surface area contributed by atoms with Crippen LogP contribution in [0.3, 0.4) is 0 Å². The second-order valence-corrected chi connectivity index (χ2v) is 10.0. The molecule has 3 aromatic rings. The molecular weight excluding hydrogens is 488 g/mol. The van der Waals surface area contributed by atoms with Crippen molar-refractivity contribution in [2.24, 2.45) is 0 Å². The molecule has 1 unspecified atom stereocenters. The first-order chi connectivity index (χ1) is 16.7. The van der Waals surface area contributed by atoms with Gasteiger partial charge in [0.15, 0.2) is 0 Å². The summed E-state index contributed by atoms with van der Waals surface area (Å²) in [4.78, 5) is 9.45. The van der Waals surface area contributed by atoms with Gasteiger partial charge in [0.25, 0.3) is 0 Å². The van der Waals surface area contributed by atoms with Crippen LogP contribution in [0.15, 0.2) is 53.6 Å². The molecule has 0 spiro atoms. The van der Waals surface area contributed by atoms with Gasteiger partial charge in [-0.1, -0.05) is 32.0 Å². The Morgan fingerprint density at radius 3 is 2.47 bits per heavy atom. The average Bonchev–Trinajstić information content (AvgIpc) is 2.84. The van der Waals surface area contributed by atoms with E-state index in [1.807, 2.05) is 13.8 Å². The first-order valence-electron chi connectivity index (χ1n) is 11.0. The number of aromatic nitrogens is 2. The molecule has 8 nitrogen and oxygen atoms in total. The monoisotopic (exact) mass is 519 g/mol. The summed E-state index contributed by atoms with van der Waals surface area (Å²) >= 11 is 0. The molecule has 0 aliphatic rings. The van der Waals surface area contributed by atoms with Gasteiger partial charge in [0, 0.05) is 30.2 Å². The highest BCUT2D eigenvalue weighted by Crippen LogP contribution is 2.21. The summed E-state index contributed by atoms with van der Waals surface area (Å²) in [5, 5.41) is 19.3. The van der Waals surface area contributed by atoms with E-state index >= 15 is 0 Å². The number of halogens is 2. The Morgan fingerprint density at radius 2 is 1.86 bits per heavy atom. The van der Waals surface area contributed by atoms with Gasteiger partial charge in [-0.3, -0.25) is 20.0 Å². The zero-order valence-corrected chi connectivity index (χ0v) is 21.0. The molecule has 36 heavy (non-hydrogen) atoms. The minimum Gasteiger partial charge on any atom is -0.419 e. The van der Waals surface area contributed by atoms with E-state index in [9.17, 15) is 13.0 Å². The molecule has 0 aliphatic carbocycles. The van der Waals surface area contributed by atoms with Gasteiger partial charge < -0.3 is 15.5 Å². The first-order valence-corrected chi connectivity index (χ1v) is 12.2. The molecule has 0 saturated carbocycles. The molecular formula is C25H31F2N5O3S. The molecule has 1 atom stereocenters. The lowest BCUT2D eigenvalue weighted by molar-refractivity contribution is 0.466. The van der Waals surface area contributed by atoms with Crippen LogP contribution >= 0.6 is 0 Å². The molecule has 0 aliphatic heterocycles. The predicted molar refractivity (Wildman–Crippen MR) is 138 cm³/mol. The van der Waals surface area contributed by atoms with Crippen molar-refractivity contribution in [1.82, 2.24) is 15.3 Å². The summed E-state index contributed by atoms with van der Waals surface area (Å²) in [6.45, 7) is 5.37. The minimum absolute atomic E-state index is 0. The molecule has 0 amide bonds. The first kappa shape index (κ1) is 28.8. The van der Waals surface area contributed by atoms with Crippen molar-refractivity contribution < 1.29 is 24.6 Å². The van der Waals surface area contributed by atoms with Crippen LogP contribution in [-0.2, 0) is 22.1 Å². The van der Waals surface area contributed by atoms with E-state index in [1.165, 1.54) is 12.1 Å². The Labute approximate surface area is 212 Å². The van der Waals surface area contributed by atoms with Gasteiger partial charge in [-0.05, 0) is 36.8 Å². The molecule has 0 bridgehead atoms. The molecule has 11 heteroatoms. The van der Waals surface area contributed by atoms with E-state index in [4.69, 9.17) is 15.6 Å². The third-order valence-corrected chi connectivity index (χ3v) is 6.66. The Balaban J connectivity index is 0.00000342. The zero-order chi connectivity index (χ0) is 25.5. The Hall–Kier alpha value is -3.41. The third kappa shape index (κ3) is 7.06. The number of rotatable bonds is 9. The summed E-state index contributed by atoms with van der Waals surface area (Å²) in [6.07, 6.45) is 1.56. The normalized spacial score (nSPS) is 11.6. The molecule has 1 heterocycles. The molecule has 0 radical (unpaired) electrons. The van der Waals surface area contributed by atoms with E-state index in [-0.39, 0.29) is 30.0 Å². The quantitative estimate of drug-likeness (QED) is 0.223. The maximum Gasteiger partial charge on any atom is 0.241 e. The van der Waals surface area contributed by atoms with Crippen LogP contribution in [-0.4, -0.2) is 49.9 Å². The number of ether oxygens (including phenoxy) is 1. The number of alkyl halides is 1. The van der Waals surface area contributed by atoms with Crippen LogP contribution < -0.4 is 5.32 Å². The van der Waals surface area contributed by atoms with Gasteiger partial charge in [0.05, 0.1) is 33.9 Å². The molecule has 194 valence electrons. The lowest BCUT2D eigenvalue weighted by Gasteiger charge is -2.12. The molecule has 3 rings (SSSR count). The number of hydrogen-bond acceptors (Lipinski definition) is 7. The van der Waals surface area contributed by atoms with Gasteiger partial charge in [0.1, 0.15) is 18.2 Å². The number of benzene rings is 2. The maximum atomic E-state index is 14.5. The van der Waals surface area contributed by atoms with Crippen molar-refractivity contribution in [2.75, 3.05) is 13.2 Å². The van der Waals surface area contributed by atoms with Gasteiger partial charge in [-0.15, -0.1) is 0 Å². The number of nitrogens with one attached hydrogen (secondary N) is 3. The largest absolute Gasteiger partial charge is 0.419 e. The Bertz CT molecular complexity index is 1260. The molecule has 5 N–H and O–H groups in total. The predicted octanol–water partition coefficient (Wildman–Crippen LogP) is 3.96. The minimum atomic E-state index is -1.11. The van der Waals surface area contributed by atoms with Crippen molar-refractivity contribution in [3.8, 4) is 11.3 Å². The van der Waals surface area contributed by atoms with Crippen LogP contribution in [0.5, 0.6) is 0 Å². The van der Waals surface area contributed by atoms with Crippen LogP contribution in [0, 0.1) is 23.6 Å². The van der Waals surface area contributed by atoms with Gasteiger partial charge in [-0.25, -0.2) is 13.8 Å². The zero-order valence-electron chi connectivity index (χ0n) is 20.2. The van der Waals surface area contributed by atoms with Crippen LogP contribution in [0.2, 0.25) is 0 Å².